The first-order chi connectivity index (χ1) is 7.75. The largest absolute Gasteiger partial charge is 0.353 e. The van der Waals surface area contributed by atoms with Crippen LogP contribution < -0.4 is 5.32 Å². The van der Waals surface area contributed by atoms with Gasteiger partial charge in [0.15, 0.2) is 0 Å². The Morgan fingerprint density at radius 2 is 1.81 bits per heavy atom. The minimum Gasteiger partial charge on any atom is -0.353 e. The highest BCUT2D eigenvalue weighted by atomic mass is 15.0. The van der Waals surface area contributed by atoms with Crippen molar-refractivity contribution in [3.63, 3.8) is 0 Å². The van der Waals surface area contributed by atoms with Crippen molar-refractivity contribution in [1.82, 2.24) is 9.88 Å². The minimum absolute atomic E-state index is 0.914. The standard InChI is InChI=1S/C14H18N2/c1-12-5-7-13(8-6-12)10-15-11-14-4-3-9-16(14)2/h3-9,15H,10-11H2,1-2H3. The molecule has 0 aliphatic rings. The van der Waals surface area contributed by atoms with Crippen LogP contribution in [0.2, 0.25) is 0 Å². The zero-order chi connectivity index (χ0) is 11.4. The Labute approximate surface area is 96.9 Å². The Kier molecular flexibility index (Phi) is 3.42. The highest BCUT2D eigenvalue weighted by Crippen LogP contribution is 2.04. The summed E-state index contributed by atoms with van der Waals surface area (Å²) in [6, 6.07) is 12.9. The molecule has 2 heteroatoms. The molecule has 0 saturated carbocycles. The number of hydrogen-bond acceptors (Lipinski definition) is 1. The third-order valence-corrected chi connectivity index (χ3v) is 2.81. The van der Waals surface area contributed by atoms with E-state index in [-0.39, 0.29) is 0 Å². The minimum atomic E-state index is 0.914. The monoisotopic (exact) mass is 214 g/mol. The third kappa shape index (κ3) is 2.74. The molecule has 0 spiro atoms. The fourth-order valence-electron chi connectivity index (χ4n) is 1.72. The summed E-state index contributed by atoms with van der Waals surface area (Å²) in [6.07, 6.45) is 2.07. The summed E-state index contributed by atoms with van der Waals surface area (Å²) >= 11 is 0. The van der Waals surface area contributed by atoms with Crippen LogP contribution in [0.15, 0.2) is 42.6 Å². The summed E-state index contributed by atoms with van der Waals surface area (Å²) in [6.45, 7) is 3.95. The van der Waals surface area contributed by atoms with Gasteiger partial charge in [-0.05, 0) is 24.6 Å². The average molecular weight is 214 g/mol. The number of hydrogen-bond donors (Lipinski definition) is 1. The van der Waals surface area contributed by atoms with Crippen LogP contribution in [0.5, 0.6) is 0 Å². The van der Waals surface area contributed by atoms with E-state index in [9.17, 15) is 0 Å². The summed E-state index contributed by atoms with van der Waals surface area (Å²) in [7, 11) is 2.07. The molecule has 0 radical (unpaired) electrons. The Morgan fingerprint density at radius 1 is 1.06 bits per heavy atom. The molecule has 0 atom stereocenters. The van der Waals surface area contributed by atoms with E-state index in [4.69, 9.17) is 0 Å². The molecule has 2 aromatic rings. The number of nitrogens with zero attached hydrogens (tertiary/aromatic N) is 1. The van der Waals surface area contributed by atoms with Gasteiger partial charge in [-0.25, -0.2) is 0 Å². The normalized spacial score (nSPS) is 10.6. The van der Waals surface area contributed by atoms with Gasteiger partial charge in [0.1, 0.15) is 0 Å². The second kappa shape index (κ2) is 4.99. The summed E-state index contributed by atoms with van der Waals surface area (Å²) in [5.74, 6) is 0. The maximum atomic E-state index is 3.44. The van der Waals surface area contributed by atoms with Crippen molar-refractivity contribution in [2.24, 2.45) is 7.05 Å². The first-order valence-electron chi connectivity index (χ1n) is 5.62. The van der Waals surface area contributed by atoms with Gasteiger partial charge in [0.2, 0.25) is 0 Å². The number of rotatable bonds is 4. The fraction of sp³-hybridized carbons (Fsp3) is 0.286. The lowest BCUT2D eigenvalue weighted by molar-refractivity contribution is 0.655. The Morgan fingerprint density at radius 3 is 2.44 bits per heavy atom. The van der Waals surface area contributed by atoms with Gasteiger partial charge in [-0.3, -0.25) is 0 Å². The van der Waals surface area contributed by atoms with Gasteiger partial charge in [-0.1, -0.05) is 29.8 Å². The second-order valence-electron chi connectivity index (χ2n) is 4.20. The Balaban J connectivity index is 1.84. The Hall–Kier alpha value is -1.54. The third-order valence-electron chi connectivity index (χ3n) is 2.81. The van der Waals surface area contributed by atoms with Crippen molar-refractivity contribution in [1.29, 1.82) is 0 Å². The van der Waals surface area contributed by atoms with E-state index in [1.54, 1.807) is 0 Å². The molecule has 0 aliphatic carbocycles. The van der Waals surface area contributed by atoms with Crippen LogP contribution in [0, 0.1) is 6.92 Å². The smallest absolute Gasteiger partial charge is 0.0362 e. The van der Waals surface area contributed by atoms with Gasteiger partial charge in [0, 0.05) is 32.0 Å². The van der Waals surface area contributed by atoms with Crippen molar-refractivity contribution in [2.75, 3.05) is 0 Å². The predicted molar refractivity (Wildman–Crippen MR) is 67.1 cm³/mol. The number of nitrogens with one attached hydrogen (secondary N) is 1. The van der Waals surface area contributed by atoms with Crippen molar-refractivity contribution in [3.05, 3.63) is 59.4 Å². The molecule has 0 amide bonds. The molecule has 0 unspecified atom stereocenters. The van der Waals surface area contributed by atoms with E-state index in [0.29, 0.717) is 0 Å². The highest BCUT2D eigenvalue weighted by molar-refractivity contribution is 5.21. The van der Waals surface area contributed by atoms with Crippen molar-refractivity contribution in [3.8, 4) is 0 Å². The maximum absolute atomic E-state index is 3.44. The molecule has 0 aliphatic heterocycles. The first-order valence-corrected chi connectivity index (χ1v) is 5.62. The van der Waals surface area contributed by atoms with Gasteiger partial charge in [-0.15, -0.1) is 0 Å². The lowest BCUT2D eigenvalue weighted by Gasteiger charge is -2.06. The molecule has 0 saturated heterocycles. The molecule has 0 bridgehead atoms. The molecule has 1 aromatic carbocycles. The van der Waals surface area contributed by atoms with E-state index in [0.717, 1.165) is 13.1 Å². The van der Waals surface area contributed by atoms with E-state index in [1.165, 1.54) is 16.8 Å². The van der Waals surface area contributed by atoms with Crippen LogP contribution in [0.25, 0.3) is 0 Å². The molecule has 2 rings (SSSR count). The van der Waals surface area contributed by atoms with E-state index >= 15 is 0 Å². The molecule has 1 N–H and O–H groups in total. The van der Waals surface area contributed by atoms with E-state index in [2.05, 4.69) is 66.5 Å². The van der Waals surface area contributed by atoms with Crippen LogP contribution in [0.1, 0.15) is 16.8 Å². The summed E-state index contributed by atoms with van der Waals surface area (Å²) in [5, 5.41) is 3.44. The lowest BCUT2D eigenvalue weighted by atomic mass is 10.1. The molecule has 2 nitrogen and oxygen atoms in total. The Bertz CT molecular complexity index is 440. The van der Waals surface area contributed by atoms with Gasteiger partial charge in [0.05, 0.1) is 0 Å². The van der Waals surface area contributed by atoms with E-state index in [1.807, 2.05) is 0 Å². The number of aryl methyl sites for hydroxylation is 2. The summed E-state index contributed by atoms with van der Waals surface area (Å²) in [4.78, 5) is 0. The van der Waals surface area contributed by atoms with Crippen LogP contribution >= 0.6 is 0 Å². The van der Waals surface area contributed by atoms with Crippen LogP contribution in [0.4, 0.5) is 0 Å². The van der Waals surface area contributed by atoms with Crippen LogP contribution in [-0.4, -0.2) is 4.57 Å². The van der Waals surface area contributed by atoms with Gasteiger partial charge < -0.3 is 9.88 Å². The summed E-state index contributed by atoms with van der Waals surface area (Å²) < 4.78 is 2.14. The maximum Gasteiger partial charge on any atom is 0.0362 e. The molecule has 16 heavy (non-hydrogen) atoms. The average Bonchev–Trinajstić information content (AvgIpc) is 2.68. The van der Waals surface area contributed by atoms with Crippen LogP contribution in [0.3, 0.4) is 0 Å². The van der Waals surface area contributed by atoms with Gasteiger partial charge in [-0.2, -0.15) is 0 Å². The van der Waals surface area contributed by atoms with Crippen molar-refractivity contribution in [2.45, 2.75) is 20.0 Å². The van der Waals surface area contributed by atoms with Crippen molar-refractivity contribution < 1.29 is 0 Å². The molecular formula is C14H18N2. The molecule has 1 heterocycles. The first kappa shape index (κ1) is 11.0. The number of aromatic nitrogens is 1. The topological polar surface area (TPSA) is 17.0 Å². The second-order valence-corrected chi connectivity index (χ2v) is 4.20. The number of benzene rings is 1. The zero-order valence-electron chi connectivity index (χ0n) is 9.90. The molecular weight excluding hydrogens is 196 g/mol. The summed E-state index contributed by atoms with van der Waals surface area (Å²) in [5.41, 5.74) is 3.96. The van der Waals surface area contributed by atoms with Gasteiger partial charge >= 0.3 is 0 Å². The molecule has 1 aromatic heterocycles. The van der Waals surface area contributed by atoms with Crippen molar-refractivity contribution >= 4 is 0 Å². The lowest BCUT2D eigenvalue weighted by Crippen LogP contribution is -2.14. The zero-order valence-corrected chi connectivity index (χ0v) is 9.90. The quantitative estimate of drug-likeness (QED) is 0.828. The van der Waals surface area contributed by atoms with E-state index < -0.39 is 0 Å². The SMILES string of the molecule is Cc1ccc(CNCc2cccn2C)cc1. The van der Waals surface area contributed by atoms with Crippen LogP contribution in [-0.2, 0) is 20.1 Å². The fourth-order valence-corrected chi connectivity index (χ4v) is 1.72. The van der Waals surface area contributed by atoms with Gasteiger partial charge in [0.25, 0.3) is 0 Å². The highest BCUT2D eigenvalue weighted by Gasteiger charge is 1.96. The predicted octanol–water partition coefficient (Wildman–Crippen LogP) is 2.62. The molecule has 84 valence electrons. The molecule has 0 fully saturated rings.